The van der Waals surface area contributed by atoms with E-state index in [2.05, 4.69) is 24.1 Å². The molecule has 1 aliphatic rings. The lowest BCUT2D eigenvalue weighted by Gasteiger charge is -2.28. The van der Waals surface area contributed by atoms with Gasteiger partial charge in [-0.1, -0.05) is 13.8 Å². The predicted octanol–water partition coefficient (Wildman–Crippen LogP) is 3.50. The first kappa shape index (κ1) is 18.7. The molecule has 6 heteroatoms. The fourth-order valence-corrected chi connectivity index (χ4v) is 4.05. The maximum atomic E-state index is 12.5. The zero-order valence-electron chi connectivity index (χ0n) is 15.8. The third-order valence-electron chi connectivity index (χ3n) is 4.13. The average Bonchev–Trinajstić information content (AvgIpc) is 3.08. The zero-order valence-corrected chi connectivity index (χ0v) is 16.6. The first-order valence-electron chi connectivity index (χ1n) is 8.77. The quantitative estimate of drug-likeness (QED) is 0.841. The average molecular weight is 375 g/mol. The summed E-state index contributed by atoms with van der Waals surface area (Å²) in [7, 11) is 4.09. The normalized spacial score (nSPS) is 13.7. The molecule has 0 unspecified atom stereocenters. The van der Waals surface area contributed by atoms with Gasteiger partial charge < -0.3 is 19.7 Å². The number of hydrogen-bond acceptors (Lipinski definition) is 5. The highest BCUT2D eigenvalue weighted by Gasteiger charge is 2.21. The summed E-state index contributed by atoms with van der Waals surface area (Å²) >= 11 is 1.49. The van der Waals surface area contributed by atoms with Gasteiger partial charge in [0.25, 0.3) is 5.91 Å². The lowest BCUT2D eigenvalue weighted by molar-refractivity contribution is 0.0933. The molecule has 0 bridgehead atoms. The summed E-state index contributed by atoms with van der Waals surface area (Å²) in [6.07, 6.45) is 0. The summed E-state index contributed by atoms with van der Waals surface area (Å²) in [6, 6.07) is 9.76. The van der Waals surface area contributed by atoms with Crippen LogP contribution in [0.25, 0.3) is 10.4 Å². The monoisotopic (exact) mass is 374 g/mol. The Labute approximate surface area is 158 Å². The molecule has 1 N–H and O–H groups in total. The highest BCUT2D eigenvalue weighted by Crippen LogP contribution is 2.36. The number of ether oxygens (including phenoxy) is 2. The number of fused-ring (bicyclic) bond motifs is 1. The summed E-state index contributed by atoms with van der Waals surface area (Å²) < 4.78 is 11.2. The summed E-state index contributed by atoms with van der Waals surface area (Å²) in [5.74, 6) is 1.52. The number of amides is 1. The van der Waals surface area contributed by atoms with E-state index in [-0.39, 0.29) is 11.3 Å². The van der Waals surface area contributed by atoms with Gasteiger partial charge in [0, 0.05) is 18.0 Å². The Balaban J connectivity index is 1.67. The van der Waals surface area contributed by atoms with E-state index < -0.39 is 0 Å². The van der Waals surface area contributed by atoms with Crippen LogP contribution in [0.15, 0.2) is 30.3 Å². The van der Waals surface area contributed by atoms with Gasteiger partial charge in [0.15, 0.2) is 11.5 Å². The number of carbonyl (C=O) groups is 1. The van der Waals surface area contributed by atoms with Crippen molar-refractivity contribution in [3.05, 3.63) is 35.2 Å². The van der Waals surface area contributed by atoms with Crippen molar-refractivity contribution >= 4 is 17.2 Å². The Morgan fingerprint density at radius 2 is 1.88 bits per heavy atom. The van der Waals surface area contributed by atoms with E-state index in [9.17, 15) is 4.79 Å². The molecule has 0 saturated carbocycles. The third-order valence-corrected chi connectivity index (χ3v) is 5.26. The van der Waals surface area contributed by atoms with Crippen LogP contribution in [0.5, 0.6) is 11.5 Å². The van der Waals surface area contributed by atoms with Gasteiger partial charge in [0.05, 0.1) is 4.88 Å². The molecular weight excluding hydrogens is 348 g/mol. The highest BCUT2D eigenvalue weighted by atomic mass is 32.1. The molecule has 5 nitrogen and oxygen atoms in total. The Hall–Kier alpha value is -2.05. The van der Waals surface area contributed by atoms with Crippen molar-refractivity contribution in [2.24, 2.45) is 5.41 Å². The first-order valence-corrected chi connectivity index (χ1v) is 9.58. The van der Waals surface area contributed by atoms with Crippen molar-refractivity contribution in [1.29, 1.82) is 0 Å². The highest BCUT2D eigenvalue weighted by molar-refractivity contribution is 7.17. The lowest BCUT2D eigenvalue weighted by Crippen LogP contribution is -2.39. The SMILES string of the molecule is CN(C)CC(C)(C)CNC(=O)c1ccc(-c2ccc3c(c2)OCCO3)s1. The van der Waals surface area contributed by atoms with E-state index in [0.717, 1.165) is 33.4 Å². The number of benzene rings is 1. The minimum Gasteiger partial charge on any atom is -0.486 e. The lowest BCUT2D eigenvalue weighted by atomic mass is 9.93. The molecule has 1 aromatic carbocycles. The van der Waals surface area contributed by atoms with Crippen LogP contribution in [0.1, 0.15) is 23.5 Å². The van der Waals surface area contributed by atoms with Gasteiger partial charge in [-0.15, -0.1) is 11.3 Å². The number of carbonyl (C=O) groups excluding carboxylic acids is 1. The standard InChI is InChI=1S/C20H26N2O3S/c1-20(2,13-22(3)4)12-21-19(23)18-8-7-17(26-18)14-5-6-15-16(11-14)25-10-9-24-15/h5-8,11H,9-10,12-13H2,1-4H3,(H,21,23). The summed E-state index contributed by atoms with van der Waals surface area (Å²) in [6.45, 7) is 7.02. The molecule has 0 radical (unpaired) electrons. The third kappa shape index (κ3) is 4.56. The van der Waals surface area contributed by atoms with E-state index in [4.69, 9.17) is 9.47 Å². The maximum absolute atomic E-state index is 12.5. The van der Waals surface area contributed by atoms with Crippen LogP contribution in [-0.2, 0) is 0 Å². The molecule has 1 amide bonds. The van der Waals surface area contributed by atoms with Crippen LogP contribution < -0.4 is 14.8 Å². The molecule has 26 heavy (non-hydrogen) atoms. The van der Waals surface area contributed by atoms with Gasteiger partial charge in [-0.25, -0.2) is 0 Å². The molecule has 0 fully saturated rings. The molecule has 3 rings (SSSR count). The van der Waals surface area contributed by atoms with E-state index in [1.165, 1.54) is 11.3 Å². The minimum atomic E-state index is -0.0226. The number of hydrogen-bond donors (Lipinski definition) is 1. The molecule has 0 spiro atoms. The van der Waals surface area contributed by atoms with Crippen LogP contribution in [0.4, 0.5) is 0 Å². The largest absolute Gasteiger partial charge is 0.486 e. The minimum absolute atomic E-state index is 0.0226. The van der Waals surface area contributed by atoms with Gasteiger partial charge in [-0.3, -0.25) is 4.79 Å². The molecular formula is C20H26N2O3S. The van der Waals surface area contributed by atoms with Crippen molar-refractivity contribution in [3.8, 4) is 21.9 Å². The second-order valence-corrected chi connectivity index (χ2v) is 8.69. The van der Waals surface area contributed by atoms with Gasteiger partial charge in [0.1, 0.15) is 13.2 Å². The molecule has 0 saturated heterocycles. The Kier molecular flexibility index (Phi) is 5.53. The Bertz CT molecular complexity index is 783. The molecule has 2 aromatic rings. The Morgan fingerprint density at radius 3 is 2.62 bits per heavy atom. The van der Waals surface area contributed by atoms with Crippen molar-refractivity contribution in [3.63, 3.8) is 0 Å². The second-order valence-electron chi connectivity index (χ2n) is 7.61. The van der Waals surface area contributed by atoms with Crippen LogP contribution in [0.2, 0.25) is 0 Å². The number of rotatable bonds is 6. The van der Waals surface area contributed by atoms with Gasteiger partial charge >= 0.3 is 0 Å². The van der Waals surface area contributed by atoms with Crippen LogP contribution in [0.3, 0.4) is 0 Å². The number of thiophene rings is 1. The summed E-state index contributed by atoms with van der Waals surface area (Å²) in [5, 5.41) is 3.06. The predicted molar refractivity (Wildman–Crippen MR) is 105 cm³/mol. The summed E-state index contributed by atoms with van der Waals surface area (Å²) in [4.78, 5) is 16.4. The van der Waals surface area contributed by atoms with E-state index >= 15 is 0 Å². The van der Waals surface area contributed by atoms with Crippen LogP contribution in [0, 0.1) is 5.41 Å². The fraction of sp³-hybridized carbons (Fsp3) is 0.450. The summed E-state index contributed by atoms with van der Waals surface area (Å²) in [5.41, 5.74) is 1.06. The number of nitrogens with one attached hydrogen (secondary N) is 1. The van der Waals surface area contributed by atoms with E-state index in [0.29, 0.717) is 19.8 Å². The molecule has 0 aliphatic carbocycles. The second kappa shape index (κ2) is 7.68. The van der Waals surface area contributed by atoms with Crippen LogP contribution in [-0.4, -0.2) is 51.2 Å². The van der Waals surface area contributed by atoms with Crippen molar-refractivity contribution in [1.82, 2.24) is 10.2 Å². The van der Waals surface area contributed by atoms with E-state index in [1.807, 2.05) is 44.4 Å². The molecule has 0 atom stereocenters. The van der Waals surface area contributed by atoms with Crippen molar-refractivity contribution < 1.29 is 14.3 Å². The van der Waals surface area contributed by atoms with Crippen molar-refractivity contribution in [2.45, 2.75) is 13.8 Å². The maximum Gasteiger partial charge on any atom is 0.261 e. The molecule has 1 aliphatic heterocycles. The van der Waals surface area contributed by atoms with Gasteiger partial charge in [0.2, 0.25) is 0 Å². The molecule has 1 aromatic heterocycles. The van der Waals surface area contributed by atoms with Gasteiger partial charge in [-0.05, 0) is 55.4 Å². The van der Waals surface area contributed by atoms with Crippen LogP contribution >= 0.6 is 11.3 Å². The number of nitrogens with zero attached hydrogens (tertiary/aromatic N) is 1. The van der Waals surface area contributed by atoms with Crippen molar-refractivity contribution in [2.75, 3.05) is 40.4 Å². The Morgan fingerprint density at radius 1 is 1.15 bits per heavy atom. The van der Waals surface area contributed by atoms with Gasteiger partial charge in [-0.2, -0.15) is 0 Å². The smallest absolute Gasteiger partial charge is 0.261 e. The topological polar surface area (TPSA) is 50.8 Å². The van der Waals surface area contributed by atoms with E-state index in [1.54, 1.807) is 0 Å². The first-order chi connectivity index (χ1) is 12.3. The fourth-order valence-electron chi connectivity index (χ4n) is 3.13. The molecule has 140 valence electrons. The molecule has 2 heterocycles. The zero-order chi connectivity index (χ0) is 18.7.